The zero-order valence-corrected chi connectivity index (χ0v) is 21.6. The summed E-state index contributed by atoms with van der Waals surface area (Å²) in [6.07, 6.45) is 0. The molecule has 0 saturated heterocycles. The van der Waals surface area contributed by atoms with Crippen molar-refractivity contribution in [3.05, 3.63) is 21.8 Å². The molecule has 0 aliphatic heterocycles. The second-order valence-corrected chi connectivity index (χ2v) is 8.71. The zero-order chi connectivity index (χ0) is 22.1. The fraction of sp³-hybridized carbons (Fsp3) is 0.438. The fourth-order valence-corrected chi connectivity index (χ4v) is 7.10. The van der Waals surface area contributed by atoms with Crippen molar-refractivity contribution in [1.29, 1.82) is 0 Å². The van der Waals surface area contributed by atoms with Crippen molar-refractivity contribution in [2.45, 2.75) is 0 Å². The Morgan fingerprint density at radius 3 is 1.62 bits per heavy atom. The molecule has 0 aliphatic carbocycles. The lowest BCUT2D eigenvalue weighted by Gasteiger charge is -2.27. The second kappa shape index (κ2) is 13.2. The number of hydrogen-bond donors (Lipinski definition) is 6. The summed E-state index contributed by atoms with van der Waals surface area (Å²) in [5.74, 6) is -1.53. The Kier molecular flexibility index (Phi) is 12.1. The molecule has 13 heteroatoms. The van der Waals surface area contributed by atoms with E-state index in [-0.39, 0.29) is 57.1 Å². The topological polar surface area (TPSA) is 165 Å². The van der Waals surface area contributed by atoms with Crippen molar-refractivity contribution < 1.29 is 29.7 Å². The summed E-state index contributed by atoms with van der Waals surface area (Å²) in [5, 5.41) is 32.5. The Morgan fingerprint density at radius 1 is 0.828 bits per heavy atom. The van der Waals surface area contributed by atoms with Crippen LogP contribution in [-0.4, -0.2) is 79.0 Å². The molecule has 1 aromatic carbocycles. The molecule has 0 aromatic heterocycles. The summed E-state index contributed by atoms with van der Waals surface area (Å²) in [7, 11) is 0. The van der Waals surface area contributed by atoms with Crippen LogP contribution in [0.5, 0.6) is 0 Å². The molecule has 1 rings (SSSR count). The van der Waals surface area contributed by atoms with E-state index in [0.717, 1.165) is 0 Å². The number of amides is 3. The third kappa shape index (κ3) is 6.57. The van der Waals surface area contributed by atoms with E-state index in [9.17, 15) is 19.5 Å². The quantitative estimate of drug-likeness (QED) is 0.171. The van der Waals surface area contributed by atoms with Crippen molar-refractivity contribution in [2.24, 2.45) is 5.73 Å². The number of rotatable bonds is 10. The average molecular weight is 746 g/mol. The minimum absolute atomic E-state index is 0.0143. The third-order valence-corrected chi connectivity index (χ3v) is 6.79. The summed E-state index contributed by atoms with van der Waals surface area (Å²) in [4.78, 5) is 39.1. The summed E-state index contributed by atoms with van der Waals surface area (Å²) in [5.41, 5.74) is 6.12. The molecule has 0 spiro atoms. The number of hydrogen-bond acceptors (Lipinski definition) is 7. The van der Waals surface area contributed by atoms with Crippen LogP contribution in [0.4, 0.5) is 5.69 Å². The van der Waals surface area contributed by atoms with Crippen LogP contribution < -0.4 is 21.3 Å². The molecule has 0 bridgehead atoms. The van der Waals surface area contributed by atoms with Crippen molar-refractivity contribution >= 4 is 91.2 Å². The van der Waals surface area contributed by atoms with Crippen molar-refractivity contribution in [3.63, 3.8) is 0 Å². The van der Waals surface area contributed by atoms with Gasteiger partial charge in [0.25, 0.3) is 11.8 Å². The number of benzene rings is 1. The number of halogens is 3. The largest absolute Gasteiger partial charge is 0.395 e. The van der Waals surface area contributed by atoms with Gasteiger partial charge < -0.3 is 36.6 Å². The first-order chi connectivity index (χ1) is 13.8. The lowest BCUT2D eigenvalue weighted by atomic mass is 10.1. The van der Waals surface area contributed by atoms with Gasteiger partial charge in [-0.05, 0) is 67.8 Å². The highest BCUT2D eigenvalue weighted by Crippen LogP contribution is 2.38. The number of carbonyl (C=O) groups is 3. The van der Waals surface area contributed by atoms with E-state index >= 15 is 0 Å². The first-order valence-corrected chi connectivity index (χ1v) is 11.6. The summed E-state index contributed by atoms with van der Waals surface area (Å²) in [6, 6.07) is 0. The Labute approximate surface area is 208 Å². The molecule has 0 atom stereocenters. The van der Waals surface area contributed by atoms with Gasteiger partial charge in [-0.15, -0.1) is 0 Å². The first-order valence-electron chi connectivity index (χ1n) is 8.36. The summed E-state index contributed by atoms with van der Waals surface area (Å²) >= 11 is 5.70. The van der Waals surface area contributed by atoms with Gasteiger partial charge >= 0.3 is 0 Å². The number of carbonyl (C=O) groups excluding carboxylic acids is 3. The monoisotopic (exact) mass is 746 g/mol. The lowest BCUT2D eigenvalue weighted by molar-refractivity contribution is -0.117. The number of aliphatic hydroxyl groups is 3. The van der Waals surface area contributed by atoms with Gasteiger partial charge in [0.05, 0.1) is 50.3 Å². The summed E-state index contributed by atoms with van der Waals surface area (Å²) in [6.45, 7) is -1.23. The van der Waals surface area contributed by atoms with E-state index in [1.165, 1.54) is 4.90 Å². The normalized spacial score (nSPS) is 10.6. The maximum atomic E-state index is 12.7. The number of anilines is 1. The van der Waals surface area contributed by atoms with E-state index in [0.29, 0.717) is 16.4 Å². The molecule has 0 unspecified atom stereocenters. The van der Waals surface area contributed by atoms with E-state index in [2.05, 4.69) is 10.6 Å². The van der Waals surface area contributed by atoms with Crippen LogP contribution in [0.2, 0.25) is 0 Å². The Hall–Kier alpha value is -0.340. The maximum Gasteiger partial charge on any atom is 0.253 e. The fourth-order valence-electron chi connectivity index (χ4n) is 2.37. The van der Waals surface area contributed by atoms with Gasteiger partial charge in [-0.3, -0.25) is 14.4 Å². The van der Waals surface area contributed by atoms with E-state index in [1.54, 1.807) is 0 Å². The van der Waals surface area contributed by atoms with Gasteiger partial charge in [-0.1, -0.05) is 0 Å². The van der Waals surface area contributed by atoms with Crippen LogP contribution in [0.15, 0.2) is 0 Å². The zero-order valence-electron chi connectivity index (χ0n) is 15.2. The molecule has 0 fully saturated rings. The van der Waals surface area contributed by atoms with Crippen LogP contribution in [0.1, 0.15) is 20.7 Å². The average Bonchev–Trinajstić information content (AvgIpc) is 2.69. The highest BCUT2D eigenvalue weighted by atomic mass is 127. The predicted octanol–water partition coefficient (Wildman–Crippen LogP) is -0.771. The Balaban J connectivity index is 3.79. The number of nitrogens with two attached hydrogens (primary N) is 1. The molecule has 3 amide bonds. The second-order valence-electron chi connectivity index (χ2n) is 5.47. The highest BCUT2D eigenvalue weighted by molar-refractivity contribution is 14.1. The van der Waals surface area contributed by atoms with Crippen LogP contribution >= 0.6 is 67.8 Å². The van der Waals surface area contributed by atoms with Gasteiger partial charge in [0, 0.05) is 23.2 Å². The van der Waals surface area contributed by atoms with Crippen LogP contribution in [0, 0.1) is 10.7 Å². The van der Waals surface area contributed by atoms with Gasteiger partial charge in [0.15, 0.2) is 0 Å². The predicted molar refractivity (Wildman–Crippen MR) is 132 cm³/mol. The number of aliphatic hydroxyl groups excluding tert-OH is 3. The molecule has 0 radical (unpaired) electrons. The molecule has 0 heterocycles. The smallest absolute Gasteiger partial charge is 0.253 e. The van der Waals surface area contributed by atoms with Gasteiger partial charge in [0.1, 0.15) is 0 Å². The van der Waals surface area contributed by atoms with Gasteiger partial charge in [-0.25, -0.2) is 0 Å². The van der Waals surface area contributed by atoms with E-state index in [1.807, 2.05) is 67.8 Å². The molecule has 7 N–H and O–H groups in total. The molecule has 0 saturated carbocycles. The molecule has 0 aliphatic rings. The molecule has 162 valence electrons. The van der Waals surface area contributed by atoms with E-state index < -0.39 is 17.7 Å². The standard InChI is InChI=1S/C16H21I3N4O6/c17-11-9(15(28)21-1-4-24)12(18)14(23(3-6-26)8(27)7-20)13(19)10(11)16(29)22-2-5-25/h24-26H,1-7,20H2,(H,21,28)(H,22,29). The van der Waals surface area contributed by atoms with E-state index in [4.69, 9.17) is 15.9 Å². The minimum Gasteiger partial charge on any atom is -0.395 e. The molecular formula is C16H21I3N4O6. The highest BCUT2D eigenvalue weighted by Gasteiger charge is 2.31. The van der Waals surface area contributed by atoms with Crippen LogP contribution in [0.3, 0.4) is 0 Å². The van der Waals surface area contributed by atoms with Crippen LogP contribution in [-0.2, 0) is 4.79 Å². The third-order valence-electron chi connectivity index (χ3n) is 3.61. The van der Waals surface area contributed by atoms with Gasteiger partial charge in [0.2, 0.25) is 5.91 Å². The molecule has 1 aromatic rings. The Bertz CT molecular complexity index is 731. The maximum absolute atomic E-state index is 12.7. The SMILES string of the molecule is NCC(=O)N(CCO)c1c(I)c(C(=O)NCCO)c(I)c(C(=O)NCCO)c1I. The van der Waals surface area contributed by atoms with Crippen molar-refractivity contribution in [2.75, 3.05) is 50.9 Å². The number of nitrogens with zero attached hydrogens (tertiary/aromatic N) is 1. The molecule has 10 nitrogen and oxygen atoms in total. The van der Waals surface area contributed by atoms with Crippen molar-refractivity contribution in [1.82, 2.24) is 10.6 Å². The Morgan fingerprint density at radius 2 is 1.28 bits per heavy atom. The lowest BCUT2D eigenvalue weighted by Crippen LogP contribution is -2.40. The first kappa shape index (κ1) is 26.7. The minimum atomic E-state index is -0.522. The molecule has 29 heavy (non-hydrogen) atoms. The van der Waals surface area contributed by atoms with Gasteiger partial charge in [-0.2, -0.15) is 0 Å². The number of nitrogens with one attached hydrogen (secondary N) is 2. The van der Waals surface area contributed by atoms with Crippen molar-refractivity contribution in [3.8, 4) is 0 Å². The summed E-state index contributed by atoms with van der Waals surface area (Å²) < 4.78 is 1.16. The molecular weight excluding hydrogens is 725 g/mol. The van der Waals surface area contributed by atoms with Crippen LogP contribution in [0.25, 0.3) is 0 Å².